The summed E-state index contributed by atoms with van der Waals surface area (Å²) in [6, 6.07) is 6.51. The van der Waals surface area contributed by atoms with Gasteiger partial charge >= 0.3 is 0 Å². The molecule has 2 rings (SSSR count). The van der Waals surface area contributed by atoms with Crippen molar-refractivity contribution in [2.24, 2.45) is 0 Å². The van der Waals surface area contributed by atoms with Crippen molar-refractivity contribution in [2.45, 2.75) is 37.1 Å². The van der Waals surface area contributed by atoms with Crippen LogP contribution in [-0.2, 0) is 0 Å². The zero-order valence-corrected chi connectivity index (χ0v) is 10.3. The number of alkyl halides is 1. The van der Waals surface area contributed by atoms with Crippen LogP contribution in [0.3, 0.4) is 0 Å². The Hall–Kier alpha value is -1.22. The van der Waals surface area contributed by atoms with Crippen molar-refractivity contribution in [3.63, 3.8) is 0 Å². The fourth-order valence-electron chi connectivity index (χ4n) is 2.08. The predicted molar refractivity (Wildman–Crippen MR) is 67.5 cm³/mol. The first kappa shape index (κ1) is 12.2. The van der Waals surface area contributed by atoms with Crippen LogP contribution >= 0.6 is 11.6 Å². The van der Waals surface area contributed by atoms with Crippen LogP contribution in [0.4, 0.5) is 0 Å². The van der Waals surface area contributed by atoms with Crippen LogP contribution in [0.15, 0.2) is 24.3 Å². The molecule has 1 aliphatic carbocycles. The Morgan fingerprint density at radius 3 is 2.35 bits per heavy atom. The molecule has 1 aromatic carbocycles. The molecule has 0 saturated heterocycles. The maximum atomic E-state index is 11.9. The zero-order valence-electron chi connectivity index (χ0n) is 9.53. The lowest BCUT2D eigenvalue weighted by Crippen LogP contribution is -2.37. The lowest BCUT2D eigenvalue weighted by Gasteiger charge is -2.25. The van der Waals surface area contributed by atoms with Gasteiger partial charge in [0.05, 0.1) is 0 Å². The molecule has 2 N–H and O–H groups in total. The van der Waals surface area contributed by atoms with E-state index in [1.165, 1.54) is 12.1 Å². The standard InChI is InChI=1S/C13H16ClNO2/c14-10-3-5-11(6-4-10)15-13(17)9-1-7-12(16)8-2-9/h1-2,7-8,10-11,16H,3-6H2,(H,15,17). The number of carbonyl (C=O) groups excluding carboxylic acids is 1. The molecule has 17 heavy (non-hydrogen) atoms. The number of amides is 1. The van der Waals surface area contributed by atoms with Crippen LogP contribution in [-0.4, -0.2) is 22.4 Å². The van der Waals surface area contributed by atoms with E-state index >= 15 is 0 Å². The molecule has 3 nitrogen and oxygen atoms in total. The Morgan fingerprint density at radius 1 is 1.18 bits per heavy atom. The second-order valence-electron chi connectivity index (χ2n) is 4.47. The summed E-state index contributed by atoms with van der Waals surface area (Å²) in [5, 5.41) is 12.4. The van der Waals surface area contributed by atoms with Gasteiger partial charge in [0.15, 0.2) is 0 Å². The number of rotatable bonds is 2. The largest absolute Gasteiger partial charge is 0.508 e. The Labute approximate surface area is 106 Å². The van der Waals surface area contributed by atoms with Gasteiger partial charge in [0.25, 0.3) is 5.91 Å². The summed E-state index contributed by atoms with van der Waals surface area (Å²) in [5.41, 5.74) is 0.579. The molecule has 1 saturated carbocycles. The van der Waals surface area contributed by atoms with Gasteiger partial charge in [-0.15, -0.1) is 11.6 Å². The third-order valence-electron chi connectivity index (χ3n) is 3.12. The van der Waals surface area contributed by atoms with Gasteiger partial charge in [-0.05, 0) is 49.9 Å². The summed E-state index contributed by atoms with van der Waals surface area (Å²) in [6.07, 6.45) is 3.81. The van der Waals surface area contributed by atoms with Crippen molar-refractivity contribution in [2.75, 3.05) is 0 Å². The van der Waals surface area contributed by atoms with Gasteiger partial charge in [-0.2, -0.15) is 0 Å². The highest BCUT2D eigenvalue weighted by atomic mass is 35.5. The third-order valence-corrected chi connectivity index (χ3v) is 3.56. The van der Waals surface area contributed by atoms with Crippen molar-refractivity contribution in [3.05, 3.63) is 29.8 Å². The van der Waals surface area contributed by atoms with E-state index in [-0.39, 0.29) is 23.1 Å². The van der Waals surface area contributed by atoms with E-state index in [1.54, 1.807) is 12.1 Å². The van der Waals surface area contributed by atoms with Gasteiger partial charge in [0, 0.05) is 17.0 Å². The molecular weight excluding hydrogens is 238 g/mol. The van der Waals surface area contributed by atoms with Crippen molar-refractivity contribution >= 4 is 17.5 Å². The van der Waals surface area contributed by atoms with E-state index < -0.39 is 0 Å². The number of phenols is 1. The van der Waals surface area contributed by atoms with Gasteiger partial charge in [0.1, 0.15) is 5.75 Å². The zero-order chi connectivity index (χ0) is 12.3. The molecule has 0 heterocycles. The molecule has 0 bridgehead atoms. The van der Waals surface area contributed by atoms with E-state index in [0.717, 1.165) is 25.7 Å². The number of hydrogen-bond donors (Lipinski definition) is 2. The Bertz CT molecular complexity index is 383. The van der Waals surface area contributed by atoms with Crippen LogP contribution in [0, 0.1) is 0 Å². The van der Waals surface area contributed by atoms with Crippen molar-refractivity contribution in [1.82, 2.24) is 5.32 Å². The number of nitrogens with one attached hydrogen (secondary N) is 1. The molecule has 0 atom stereocenters. The van der Waals surface area contributed by atoms with E-state index in [1.807, 2.05) is 0 Å². The van der Waals surface area contributed by atoms with Gasteiger partial charge in [-0.1, -0.05) is 0 Å². The van der Waals surface area contributed by atoms with Crippen molar-refractivity contribution < 1.29 is 9.90 Å². The lowest BCUT2D eigenvalue weighted by molar-refractivity contribution is 0.0928. The highest BCUT2D eigenvalue weighted by molar-refractivity contribution is 6.20. The van der Waals surface area contributed by atoms with E-state index in [4.69, 9.17) is 16.7 Å². The highest BCUT2D eigenvalue weighted by Crippen LogP contribution is 2.23. The van der Waals surface area contributed by atoms with Crippen molar-refractivity contribution in [1.29, 1.82) is 0 Å². The molecule has 1 amide bonds. The number of hydrogen-bond acceptors (Lipinski definition) is 2. The smallest absolute Gasteiger partial charge is 0.251 e. The Balaban J connectivity index is 1.91. The highest BCUT2D eigenvalue weighted by Gasteiger charge is 2.21. The van der Waals surface area contributed by atoms with Crippen molar-refractivity contribution in [3.8, 4) is 5.75 Å². The number of benzene rings is 1. The predicted octanol–water partition coefficient (Wildman–Crippen LogP) is 2.67. The normalized spacial score (nSPS) is 24.3. The fraction of sp³-hybridized carbons (Fsp3) is 0.462. The first-order chi connectivity index (χ1) is 8.15. The van der Waals surface area contributed by atoms with Crippen LogP contribution in [0.1, 0.15) is 36.0 Å². The second kappa shape index (κ2) is 5.41. The van der Waals surface area contributed by atoms with Gasteiger partial charge in [0.2, 0.25) is 0 Å². The number of phenolic OH excluding ortho intramolecular Hbond substituents is 1. The third kappa shape index (κ3) is 3.37. The summed E-state index contributed by atoms with van der Waals surface area (Å²) >= 11 is 6.01. The van der Waals surface area contributed by atoms with Crippen LogP contribution in [0.2, 0.25) is 0 Å². The molecular formula is C13H16ClNO2. The minimum atomic E-state index is -0.0805. The topological polar surface area (TPSA) is 49.3 Å². The van der Waals surface area contributed by atoms with Gasteiger partial charge in [-0.3, -0.25) is 4.79 Å². The summed E-state index contributed by atoms with van der Waals surface area (Å²) in [7, 11) is 0. The lowest BCUT2D eigenvalue weighted by atomic mass is 9.95. The number of carbonyl (C=O) groups is 1. The molecule has 0 unspecified atom stereocenters. The molecule has 1 aromatic rings. The average molecular weight is 254 g/mol. The average Bonchev–Trinajstić information content (AvgIpc) is 2.33. The fourth-order valence-corrected chi connectivity index (χ4v) is 2.33. The maximum Gasteiger partial charge on any atom is 0.251 e. The monoisotopic (exact) mass is 253 g/mol. The summed E-state index contributed by atoms with van der Waals surface area (Å²) in [5.74, 6) is 0.0900. The van der Waals surface area contributed by atoms with Gasteiger partial charge < -0.3 is 10.4 Å². The van der Waals surface area contributed by atoms with Crippen LogP contribution in [0.5, 0.6) is 5.75 Å². The molecule has 92 valence electrons. The minimum Gasteiger partial charge on any atom is -0.508 e. The quantitative estimate of drug-likeness (QED) is 0.796. The first-order valence-corrected chi connectivity index (χ1v) is 6.33. The van der Waals surface area contributed by atoms with E-state index in [9.17, 15) is 4.79 Å². The first-order valence-electron chi connectivity index (χ1n) is 5.89. The van der Waals surface area contributed by atoms with E-state index in [0.29, 0.717) is 5.56 Å². The van der Waals surface area contributed by atoms with Gasteiger partial charge in [-0.25, -0.2) is 0 Å². The molecule has 0 aliphatic heterocycles. The SMILES string of the molecule is O=C(NC1CCC(Cl)CC1)c1ccc(O)cc1. The van der Waals surface area contributed by atoms with Crippen LogP contribution < -0.4 is 5.32 Å². The Morgan fingerprint density at radius 2 is 1.76 bits per heavy atom. The second-order valence-corrected chi connectivity index (χ2v) is 5.09. The Kier molecular flexibility index (Phi) is 3.89. The van der Waals surface area contributed by atoms with E-state index in [2.05, 4.69) is 5.32 Å². The minimum absolute atomic E-state index is 0.0805. The summed E-state index contributed by atoms with van der Waals surface area (Å²) < 4.78 is 0. The molecule has 0 aromatic heterocycles. The summed E-state index contributed by atoms with van der Waals surface area (Å²) in [4.78, 5) is 11.9. The summed E-state index contributed by atoms with van der Waals surface area (Å²) in [6.45, 7) is 0. The molecule has 4 heteroatoms. The molecule has 1 fully saturated rings. The number of halogens is 1. The molecule has 0 radical (unpaired) electrons. The molecule has 0 spiro atoms. The molecule has 1 aliphatic rings. The van der Waals surface area contributed by atoms with Crippen LogP contribution in [0.25, 0.3) is 0 Å². The maximum absolute atomic E-state index is 11.9. The number of aromatic hydroxyl groups is 1.